The number of fused-ring (bicyclic) bond motifs is 1. The van der Waals surface area contributed by atoms with Crippen LogP contribution in [0.25, 0.3) is 0 Å². The maximum atomic E-state index is 4.67. The molecule has 0 amide bonds. The minimum Gasteiger partial charge on any atom is -0.314 e. The second kappa shape index (κ2) is 5.41. The minimum absolute atomic E-state index is 0.0403. The Hall–Kier alpha value is -1.42. The maximum Gasteiger partial charge on any atom is 0.145 e. The van der Waals surface area contributed by atoms with Gasteiger partial charge in [0.1, 0.15) is 11.6 Å². The molecule has 110 valence electrons. The fourth-order valence-corrected chi connectivity index (χ4v) is 4.66. The molecule has 0 aromatic carbocycles. The first-order valence-electron chi connectivity index (χ1n) is 8.02. The van der Waals surface area contributed by atoms with Crippen LogP contribution in [-0.2, 0) is 18.4 Å². The monoisotopic (exact) mass is 299 g/mol. The zero-order valence-corrected chi connectivity index (χ0v) is 13.1. The van der Waals surface area contributed by atoms with Crippen molar-refractivity contribution >= 4 is 11.3 Å². The minimum atomic E-state index is 0.0403. The Balaban J connectivity index is 1.81. The highest BCUT2D eigenvalue weighted by Gasteiger charge is 2.41. The van der Waals surface area contributed by atoms with E-state index in [1.807, 2.05) is 11.3 Å². The quantitative estimate of drug-likeness (QED) is 0.782. The van der Waals surface area contributed by atoms with E-state index in [2.05, 4.69) is 44.4 Å². The molecule has 0 radical (unpaired) electrons. The fourth-order valence-electron chi connectivity index (χ4n) is 3.71. The predicted octanol–water partition coefficient (Wildman–Crippen LogP) is 4.09. The van der Waals surface area contributed by atoms with E-state index in [4.69, 9.17) is 0 Å². The van der Waals surface area contributed by atoms with Crippen LogP contribution in [0.2, 0.25) is 0 Å². The molecular formula is C17H21N3S. The van der Waals surface area contributed by atoms with Crippen LogP contribution in [-0.4, -0.2) is 14.8 Å². The van der Waals surface area contributed by atoms with Crippen molar-refractivity contribution in [2.24, 2.45) is 0 Å². The number of aromatic nitrogens is 3. The molecule has 0 N–H and O–H groups in total. The molecule has 1 aliphatic carbocycles. The molecule has 0 unspecified atom stereocenters. The smallest absolute Gasteiger partial charge is 0.145 e. The van der Waals surface area contributed by atoms with Gasteiger partial charge in [-0.05, 0) is 37.1 Å². The Morgan fingerprint density at radius 3 is 2.71 bits per heavy atom. The summed E-state index contributed by atoms with van der Waals surface area (Å²) in [5.74, 6) is 2.40. The molecule has 0 fully saturated rings. The molecule has 21 heavy (non-hydrogen) atoms. The average Bonchev–Trinajstić information content (AvgIpc) is 3.18. The van der Waals surface area contributed by atoms with Crippen LogP contribution in [0.4, 0.5) is 0 Å². The summed E-state index contributed by atoms with van der Waals surface area (Å²) >= 11 is 1.86. The summed E-state index contributed by atoms with van der Waals surface area (Å²) in [6, 6.07) is 4.42. The largest absolute Gasteiger partial charge is 0.314 e. The number of hydrogen-bond acceptors (Lipinski definition) is 3. The van der Waals surface area contributed by atoms with E-state index in [-0.39, 0.29) is 5.41 Å². The molecule has 0 atom stereocenters. The molecular weight excluding hydrogens is 278 g/mol. The highest BCUT2D eigenvalue weighted by atomic mass is 32.1. The van der Waals surface area contributed by atoms with Gasteiger partial charge in [-0.1, -0.05) is 31.1 Å². The van der Waals surface area contributed by atoms with E-state index in [9.17, 15) is 0 Å². The van der Waals surface area contributed by atoms with E-state index >= 15 is 0 Å². The average molecular weight is 299 g/mol. The molecule has 1 aliphatic heterocycles. The molecule has 4 rings (SSSR count). The summed E-state index contributed by atoms with van der Waals surface area (Å²) in [6.07, 6.45) is 13.0. The van der Waals surface area contributed by atoms with Gasteiger partial charge < -0.3 is 4.57 Å². The van der Waals surface area contributed by atoms with Gasteiger partial charge in [0.25, 0.3) is 0 Å². The molecule has 0 bridgehead atoms. The molecule has 3 nitrogen and oxygen atoms in total. The molecule has 4 heteroatoms. The molecule has 0 spiro atoms. The first-order valence-corrected chi connectivity index (χ1v) is 8.90. The van der Waals surface area contributed by atoms with Crippen LogP contribution in [0.3, 0.4) is 0 Å². The van der Waals surface area contributed by atoms with Gasteiger partial charge in [-0.25, -0.2) is 0 Å². The first-order chi connectivity index (χ1) is 10.4. The normalized spacial score (nSPS) is 21.0. The van der Waals surface area contributed by atoms with Gasteiger partial charge in [-0.15, -0.1) is 21.5 Å². The molecule has 0 saturated heterocycles. The SMILES string of the molecule is C1=CCC(c2cccs2)(c2nnc3n2CCCCCC3)C1. The van der Waals surface area contributed by atoms with Gasteiger partial charge in [0.15, 0.2) is 0 Å². The number of thiophene rings is 1. The van der Waals surface area contributed by atoms with Crippen molar-refractivity contribution < 1.29 is 0 Å². The van der Waals surface area contributed by atoms with Crippen molar-refractivity contribution in [3.8, 4) is 0 Å². The van der Waals surface area contributed by atoms with Crippen LogP contribution in [0.1, 0.15) is 55.1 Å². The Bertz CT molecular complexity index is 631. The van der Waals surface area contributed by atoms with Crippen molar-refractivity contribution in [2.45, 2.75) is 56.9 Å². The molecule has 2 aromatic heterocycles. The lowest BCUT2D eigenvalue weighted by Crippen LogP contribution is -2.28. The standard InChI is InChI=1S/C17H21N3S/c1-2-6-12-20-15(9-3-1)18-19-16(20)17(10-4-5-11-17)14-8-7-13-21-14/h4-5,7-8,13H,1-3,6,9-12H2. The van der Waals surface area contributed by atoms with Gasteiger partial charge in [0.2, 0.25) is 0 Å². The second-order valence-corrected chi connectivity index (χ2v) is 7.14. The van der Waals surface area contributed by atoms with Crippen LogP contribution in [0.15, 0.2) is 29.7 Å². The predicted molar refractivity (Wildman–Crippen MR) is 85.7 cm³/mol. The van der Waals surface area contributed by atoms with E-state index in [1.54, 1.807) is 0 Å². The summed E-state index contributed by atoms with van der Waals surface area (Å²) in [6.45, 7) is 1.09. The fraction of sp³-hybridized carbons (Fsp3) is 0.529. The molecule has 2 aromatic rings. The number of aryl methyl sites for hydroxylation is 1. The van der Waals surface area contributed by atoms with E-state index in [0.29, 0.717) is 0 Å². The van der Waals surface area contributed by atoms with Crippen molar-refractivity contribution in [3.05, 3.63) is 46.2 Å². The zero-order valence-electron chi connectivity index (χ0n) is 12.3. The van der Waals surface area contributed by atoms with Crippen LogP contribution < -0.4 is 0 Å². The van der Waals surface area contributed by atoms with Crippen molar-refractivity contribution in [1.29, 1.82) is 0 Å². The van der Waals surface area contributed by atoms with Crippen LogP contribution >= 0.6 is 11.3 Å². The topological polar surface area (TPSA) is 30.7 Å². The lowest BCUT2D eigenvalue weighted by Gasteiger charge is -2.28. The zero-order chi connectivity index (χ0) is 14.1. The second-order valence-electron chi connectivity index (χ2n) is 6.19. The summed E-state index contributed by atoms with van der Waals surface area (Å²) < 4.78 is 2.44. The number of nitrogens with zero attached hydrogens (tertiary/aromatic N) is 3. The van der Waals surface area contributed by atoms with Crippen molar-refractivity contribution in [2.75, 3.05) is 0 Å². The lowest BCUT2D eigenvalue weighted by atomic mass is 9.82. The van der Waals surface area contributed by atoms with E-state index in [0.717, 1.165) is 25.8 Å². The number of rotatable bonds is 2. The Labute approximate surface area is 129 Å². The lowest BCUT2D eigenvalue weighted by molar-refractivity contribution is 0.450. The summed E-state index contributed by atoms with van der Waals surface area (Å²) in [5.41, 5.74) is 0.0403. The molecule has 0 saturated carbocycles. The highest BCUT2D eigenvalue weighted by molar-refractivity contribution is 7.10. The number of hydrogen-bond donors (Lipinski definition) is 0. The van der Waals surface area contributed by atoms with Gasteiger partial charge >= 0.3 is 0 Å². The van der Waals surface area contributed by atoms with Gasteiger partial charge in [-0.3, -0.25) is 0 Å². The highest BCUT2D eigenvalue weighted by Crippen LogP contribution is 2.44. The Morgan fingerprint density at radius 1 is 1.05 bits per heavy atom. The van der Waals surface area contributed by atoms with Crippen LogP contribution in [0, 0.1) is 0 Å². The summed E-state index contributed by atoms with van der Waals surface area (Å²) in [5, 5.41) is 11.4. The summed E-state index contributed by atoms with van der Waals surface area (Å²) in [4.78, 5) is 1.43. The maximum absolute atomic E-state index is 4.67. The van der Waals surface area contributed by atoms with Gasteiger partial charge in [0.05, 0.1) is 5.41 Å². The Kier molecular flexibility index (Phi) is 3.42. The number of allylic oxidation sites excluding steroid dienone is 2. The van der Waals surface area contributed by atoms with E-state index < -0.39 is 0 Å². The van der Waals surface area contributed by atoms with Crippen LogP contribution in [0.5, 0.6) is 0 Å². The Morgan fingerprint density at radius 2 is 1.90 bits per heavy atom. The van der Waals surface area contributed by atoms with Gasteiger partial charge in [0, 0.05) is 17.8 Å². The van der Waals surface area contributed by atoms with Gasteiger partial charge in [-0.2, -0.15) is 0 Å². The molecule has 2 aliphatic rings. The van der Waals surface area contributed by atoms with Crippen molar-refractivity contribution in [1.82, 2.24) is 14.8 Å². The third-order valence-electron chi connectivity index (χ3n) is 4.88. The van der Waals surface area contributed by atoms with E-state index in [1.165, 1.54) is 42.2 Å². The molecule has 3 heterocycles. The third-order valence-corrected chi connectivity index (χ3v) is 5.95. The van der Waals surface area contributed by atoms with Crippen molar-refractivity contribution in [3.63, 3.8) is 0 Å². The first kappa shape index (κ1) is 13.3. The third kappa shape index (κ3) is 2.16. The summed E-state index contributed by atoms with van der Waals surface area (Å²) in [7, 11) is 0.